The van der Waals surface area contributed by atoms with E-state index in [0.29, 0.717) is 0 Å². The van der Waals surface area contributed by atoms with Gasteiger partial charge in [-0.15, -0.1) is 11.3 Å². The number of nitrogens with zero attached hydrogens (tertiary/aromatic N) is 2. The van der Waals surface area contributed by atoms with Gasteiger partial charge < -0.3 is 9.47 Å². The molecule has 0 fully saturated rings. The van der Waals surface area contributed by atoms with Crippen molar-refractivity contribution in [3.8, 4) is 39.1 Å². The van der Waals surface area contributed by atoms with Crippen molar-refractivity contribution in [2.75, 3.05) is 4.90 Å². The van der Waals surface area contributed by atoms with Gasteiger partial charge in [0.15, 0.2) is 0 Å². The van der Waals surface area contributed by atoms with E-state index in [1.807, 2.05) is 11.3 Å². The normalized spacial score (nSPS) is 13.1. The molecule has 64 heavy (non-hydrogen) atoms. The van der Waals surface area contributed by atoms with Crippen molar-refractivity contribution in [2.24, 2.45) is 0 Å². The van der Waals surface area contributed by atoms with Crippen LogP contribution in [0.25, 0.3) is 81.0 Å². The molecule has 0 atom stereocenters. The summed E-state index contributed by atoms with van der Waals surface area (Å²) in [6.07, 6.45) is 0. The van der Waals surface area contributed by atoms with Crippen molar-refractivity contribution in [3.05, 3.63) is 253 Å². The lowest BCUT2D eigenvalue weighted by molar-refractivity contribution is 0.794. The van der Waals surface area contributed by atoms with Crippen LogP contribution in [0.1, 0.15) is 22.3 Å². The molecule has 0 saturated heterocycles. The van der Waals surface area contributed by atoms with E-state index in [1.54, 1.807) is 0 Å². The fourth-order valence-electron chi connectivity index (χ4n) is 11.5. The Morgan fingerprint density at radius 2 is 0.953 bits per heavy atom. The van der Waals surface area contributed by atoms with Crippen LogP contribution in [0.4, 0.5) is 17.1 Å². The number of anilines is 3. The Hall–Kier alpha value is -7.98. The maximum absolute atomic E-state index is 2.57. The van der Waals surface area contributed by atoms with Crippen molar-refractivity contribution in [1.82, 2.24) is 4.57 Å². The molecule has 0 unspecified atom stereocenters. The van der Waals surface area contributed by atoms with Gasteiger partial charge in [-0.2, -0.15) is 0 Å². The predicted molar refractivity (Wildman–Crippen MR) is 270 cm³/mol. The zero-order valence-electron chi connectivity index (χ0n) is 34.7. The number of hydrogen-bond donors (Lipinski definition) is 0. The zero-order valence-corrected chi connectivity index (χ0v) is 35.6. The summed E-state index contributed by atoms with van der Waals surface area (Å²) in [5.41, 5.74) is 19.4. The van der Waals surface area contributed by atoms with E-state index in [4.69, 9.17) is 0 Å². The second kappa shape index (κ2) is 13.5. The van der Waals surface area contributed by atoms with Gasteiger partial charge >= 0.3 is 0 Å². The van der Waals surface area contributed by atoms with E-state index in [1.165, 1.54) is 97.6 Å². The first-order chi connectivity index (χ1) is 31.8. The molecule has 2 aromatic heterocycles. The van der Waals surface area contributed by atoms with E-state index >= 15 is 0 Å². The largest absolute Gasteiger partial charge is 0.309 e. The van der Waals surface area contributed by atoms with Gasteiger partial charge in [-0.1, -0.05) is 176 Å². The van der Waals surface area contributed by atoms with Crippen molar-refractivity contribution in [1.29, 1.82) is 0 Å². The van der Waals surface area contributed by atoms with Crippen LogP contribution in [-0.4, -0.2) is 4.57 Å². The van der Waals surface area contributed by atoms with Crippen LogP contribution in [0.3, 0.4) is 0 Å². The number of thiophene rings is 1. The monoisotopic (exact) mass is 830 g/mol. The van der Waals surface area contributed by atoms with Crippen molar-refractivity contribution >= 4 is 70.4 Å². The van der Waals surface area contributed by atoms with Crippen molar-refractivity contribution < 1.29 is 0 Å². The molecule has 298 valence electrons. The summed E-state index contributed by atoms with van der Waals surface area (Å²) in [4.78, 5) is 2.57. The number of hydrogen-bond acceptors (Lipinski definition) is 2. The van der Waals surface area contributed by atoms with Crippen LogP contribution in [-0.2, 0) is 5.41 Å². The zero-order chi connectivity index (χ0) is 41.9. The molecule has 3 heteroatoms. The van der Waals surface area contributed by atoms with Crippen molar-refractivity contribution in [2.45, 2.75) is 5.41 Å². The Balaban J connectivity index is 1.09. The van der Waals surface area contributed by atoms with E-state index in [-0.39, 0.29) is 0 Å². The first-order valence-electron chi connectivity index (χ1n) is 22.1. The Kier molecular flexibility index (Phi) is 7.51. The molecule has 0 bridgehead atoms. The number of aromatic nitrogens is 1. The molecule has 10 aromatic carbocycles. The predicted octanol–water partition coefficient (Wildman–Crippen LogP) is 16.6. The second-order valence-electron chi connectivity index (χ2n) is 17.1. The summed E-state index contributed by atoms with van der Waals surface area (Å²) >= 11 is 1.89. The highest BCUT2D eigenvalue weighted by atomic mass is 32.1. The van der Waals surface area contributed by atoms with Crippen LogP contribution in [0.5, 0.6) is 0 Å². The Bertz CT molecular complexity index is 3820. The Morgan fingerprint density at radius 1 is 0.391 bits per heavy atom. The molecule has 0 amide bonds. The standard InChI is InChI=1S/C61H38N2S/c1-2-19-40(20-3-1)62-53-33-12-7-26-48(53)59-55(62)35-17-36-56(59)63(41-21-14-18-39(38-41)42-27-15-28-46-45-24-8-13-37-57(45)64-60(42)46)54-34-16-32-52-58(54)47-25-6-11-31-51(47)61(52)49-29-9-4-22-43(49)44-23-5-10-30-50(44)61/h1-38H. The molecule has 0 radical (unpaired) electrons. The lowest BCUT2D eigenvalue weighted by Gasteiger charge is -2.32. The fourth-order valence-corrected chi connectivity index (χ4v) is 12.8. The summed E-state index contributed by atoms with van der Waals surface area (Å²) in [6.45, 7) is 0. The van der Waals surface area contributed by atoms with Crippen LogP contribution in [0.2, 0.25) is 0 Å². The lowest BCUT2D eigenvalue weighted by Crippen LogP contribution is -2.26. The maximum atomic E-state index is 2.57. The SMILES string of the molecule is c1ccc(-n2c3ccccc3c3c(N(c4cccc(-c5cccc6c5sc5ccccc56)c4)c4cccc5c4-c4ccccc4C54c5ccccc5-c5ccccc54)cccc32)cc1. The van der Waals surface area contributed by atoms with Gasteiger partial charge in [0.1, 0.15) is 0 Å². The molecular formula is C61H38N2S. The summed E-state index contributed by atoms with van der Waals surface area (Å²) in [5, 5.41) is 5.05. The molecular weight excluding hydrogens is 793 g/mol. The first-order valence-corrected chi connectivity index (χ1v) is 22.9. The minimum Gasteiger partial charge on any atom is -0.309 e. The molecule has 0 N–H and O–H groups in total. The highest BCUT2D eigenvalue weighted by molar-refractivity contribution is 7.26. The quantitative estimate of drug-likeness (QED) is 0.168. The highest BCUT2D eigenvalue weighted by Crippen LogP contribution is 2.65. The average Bonchev–Trinajstić information content (AvgIpc) is 4.09. The van der Waals surface area contributed by atoms with Gasteiger partial charge in [0.05, 0.1) is 27.8 Å². The van der Waals surface area contributed by atoms with Crippen LogP contribution < -0.4 is 4.90 Å². The molecule has 0 saturated carbocycles. The number of para-hydroxylation sites is 2. The highest BCUT2D eigenvalue weighted by Gasteiger charge is 2.52. The van der Waals surface area contributed by atoms with Gasteiger partial charge in [-0.25, -0.2) is 0 Å². The number of rotatable bonds is 5. The van der Waals surface area contributed by atoms with Crippen LogP contribution >= 0.6 is 11.3 Å². The van der Waals surface area contributed by atoms with E-state index in [9.17, 15) is 0 Å². The minimum absolute atomic E-state index is 0.463. The molecule has 2 aliphatic rings. The molecule has 2 heterocycles. The third kappa shape index (κ3) is 4.74. The van der Waals surface area contributed by atoms with Crippen LogP contribution in [0.15, 0.2) is 231 Å². The van der Waals surface area contributed by atoms with Crippen molar-refractivity contribution in [3.63, 3.8) is 0 Å². The first kappa shape index (κ1) is 35.6. The smallest absolute Gasteiger partial charge is 0.0726 e. The topological polar surface area (TPSA) is 8.17 Å². The molecule has 2 aliphatic carbocycles. The average molecular weight is 831 g/mol. The maximum Gasteiger partial charge on any atom is 0.0726 e. The minimum atomic E-state index is -0.463. The van der Waals surface area contributed by atoms with Gasteiger partial charge in [0.2, 0.25) is 0 Å². The third-order valence-corrected chi connectivity index (χ3v) is 15.2. The van der Waals surface area contributed by atoms with Gasteiger partial charge in [0.25, 0.3) is 0 Å². The number of benzene rings is 10. The van der Waals surface area contributed by atoms with Gasteiger partial charge in [-0.3, -0.25) is 0 Å². The Labute approximate surface area is 375 Å². The summed E-state index contributed by atoms with van der Waals surface area (Å²) in [5.74, 6) is 0. The fraction of sp³-hybridized carbons (Fsp3) is 0.0164. The second-order valence-corrected chi connectivity index (χ2v) is 18.2. The molecule has 12 aromatic rings. The van der Waals surface area contributed by atoms with E-state index < -0.39 is 5.41 Å². The number of fused-ring (bicyclic) bond motifs is 16. The molecule has 14 rings (SSSR count). The van der Waals surface area contributed by atoms with E-state index in [2.05, 4.69) is 240 Å². The van der Waals surface area contributed by atoms with Gasteiger partial charge in [-0.05, 0) is 105 Å². The summed E-state index contributed by atoms with van der Waals surface area (Å²) < 4.78 is 5.05. The third-order valence-electron chi connectivity index (χ3n) is 14.0. The van der Waals surface area contributed by atoms with Gasteiger partial charge in [0, 0.05) is 47.9 Å². The molecule has 0 aliphatic heterocycles. The summed E-state index contributed by atoms with van der Waals surface area (Å²) in [7, 11) is 0. The van der Waals surface area contributed by atoms with E-state index in [0.717, 1.165) is 22.7 Å². The Morgan fingerprint density at radius 3 is 1.77 bits per heavy atom. The lowest BCUT2D eigenvalue weighted by atomic mass is 9.70. The summed E-state index contributed by atoms with van der Waals surface area (Å²) in [6, 6.07) is 85.8. The van der Waals surface area contributed by atoms with Crippen LogP contribution in [0, 0.1) is 0 Å². The molecule has 2 nitrogen and oxygen atoms in total. The molecule has 1 spiro atoms.